The summed E-state index contributed by atoms with van der Waals surface area (Å²) < 4.78 is 3.86. The molecule has 5 heteroatoms. The molecule has 0 radical (unpaired) electrons. The maximum absolute atomic E-state index is 11.0. The first kappa shape index (κ1) is 24.6. The number of methoxy groups -OCH3 is 1. The minimum Gasteiger partial charge on any atom is -0.471 e. The van der Waals surface area contributed by atoms with E-state index in [2.05, 4.69) is 35.8 Å². The Balaban J connectivity index is -0.0000000771. The highest BCUT2D eigenvalue weighted by Gasteiger charge is 2.01. The van der Waals surface area contributed by atoms with E-state index in [1.54, 1.807) is 6.08 Å². The largest absolute Gasteiger partial charge is 0.471 e. The fourth-order valence-electron chi connectivity index (χ4n) is 1.11. The van der Waals surface area contributed by atoms with Gasteiger partial charge in [0.2, 0.25) is 5.91 Å². The van der Waals surface area contributed by atoms with Gasteiger partial charge in [-0.15, -0.1) is 6.58 Å². The van der Waals surface area contributed by atoms with Gasteiger partial charge in [-0.1, -0.05) is 33.8 Å². The van der Waals surface area contributed by atoms with Crippen LogP contribution in [0, 0.1) is 5.92 Å². The second kappa shape index (κ2) is 23.7. The Morgan fingerprint density at radius 1 is 1.33 bits per heavy atom. The number of hydrogen-bond acceptors (Lipinski definition) is 4. The van der Waals surface area contributed by atoms with Gasteiger partial charge in [-0.05, 0) is 31.8 Å². The van der Waals surface area contributed by atoms with E-state index in [0.717, 1.165) is 26.1 Å². The van der Waals surface area contributed by atoms with E-state index in [9.17, 15) is 4.79 Å². The van der Waals surface area contributed by atoms with Gasteiger partial charge in [0.1, 0.15) is 0 Å². The third kappa shape index (κ3) is 38.1. The normalized spacial score (nSPS) is 8.67. The van der Waals surface area contributed by atoms with Crippen molar-refractivity contribution in [2.24, 2.45) is 5.92 Å². The summed E-state index contributed by atoms with van der Waals surface area (Å²) in [7, 11) is 1.31. The summed E-state index contributed by atoms with van der Waals surface area (Å²) >= 11 is 0. The molecule has 2 N–H and O–H groups in total. The number of amides is 1. The van der Waals surface area contributed by atoms with Crippen LogP contribution < -0.4 is 10.6 Å². The van der Waals surface area contributed by atoms with Gasteiger partial charge in [0.25, 0.3) is 6.47 Å². The Morgan fingerprint density at radius 3 is 2.19 bits per heavy atom. The highest BCUT2D eigenvalue weighted by Crippen LogP contribution is 1.97. The van der Waals surface area contributed by atoms with Crippen LogP contribution in [0.3, 0.4) is 0 Å². The average molecular weight is 306 g/mol. The van der Waals surface area contributed by atoms with Crippen LogP contribution in [0.4, 0.5) is 0 Å². The predicted octanol–water partition coefficient (Wildman–Crippen LogP) is 3.01. The number of hydrogen-bond donors (Lipinski definition) is 2. The molecule has 0 fully saturated rings. The lowest BCUT2D eigenvalue weighted by atomic mass is 10.1. The van der Waals surface area contributed by atoms with E-state index in [0.29, 0.717) is 18.8 Å². The molecule has 21 heavy (non-hydrogen) atoms. The highest BCUT2D eigenvalue weighted by molar-refractivity contribution is 5.75. The van der Waals surface area contributed by atoms with Gasteiger partial charge in [0.05, 0.1) is 7.11 Å². The smallest absolute Gasteiger partial charge is 0.292 e. The van der Waals surface area contributed by atoms with E-state index in [1.807, 2.05) is 13.8 Å². The molecule has 0 saturated heterocycles. The average Bonchev–Trinajstić information content (AvgIpc) is 2.45. The molecule has 0 heterocycles. The lowest BCUT2D eigenvalue weighted by Crippen LogP contribution is -2.25. The van der Waals surface area contributed by atoms with Crippen LogP contribution in [-0.4, -0.2) is 39.1 Å². The first-order valence-electron chi connectivity index (χ1n) is 7.54. The highest BCUT2D eigenvalue weighted by atomic mass is 16.5. The lowest BCUT2D eigenvalue weighted by molar-refractivity contribution is -0.126. The topological polar surface area (TPSA) is 67.4 Å². The summed E-state index contributed by atoms with van der Waals surface area (Å²) in [6, 6.07) is 0. The summed E-state index contributed by atoms with van der Waals surface area (Å²) in [5.41, 5.74) is 0. The van der Waals surface area contributed by atoms with Crippen LogP contribution in [0.25, 0.3) is 0 Å². The van der Waals surface area contributed by atoms with E-state index >= 15 is 0 Å². The molecule has 0 aliphatic heterocycles. The number of ether oxygens (including phenoxy) is 1. The molecule has 0 bridgehead atoms. The zero-order chi connectivity index (χ0) is 16.9. The molecule has 0 unspecified atom stereocenters. The van der Waals surface area contributed by atoms with Gasteiger partial charge in [-0.25, -0.2) is 0 Å². The third-order valence-corrected chi connectivity index (χ3v) is 2.04. The molecule has 0 aromatic rings. The molecule has 0 aliphatic carbocycles. The fraction of sp³-hybridized carbons (Fsp3) is 0.750. The number of rotatable bonds is 9. The van der Waals surface area contributed by atoms with Crippen molar-refractivity contribution in [2.75, 3.05) is 26.7 Å². The Bertz CT molecular complexity index is 237. The summed E-state index contributed by atoms with van der Waals surface area (Å²) in [4.78, 5) is 19.9. The summed E-state index contributed by atoms with van der Waals surface area (Å²) in [5.74, 6) is 0.584. The zero-order valence-corrected chi connectivity index (χ0v) is 14.4. The van der Waals surface area contributed by atoms with Crippen molar-refractivity contribution < 1.29 is 17.2 Å². The summed E-state index contributed by atoms with van der Waals surface area (Å²) in [6.07, 6.45) is 4.52. The first-order chi connectivity index (χ1) is 9.99. The Kier molecular flexibility index (Phi) is 27.8. The maximum atomic E-state index is 11.0. The Labute approximate surface area is 133 Å². The minimum atomic E-state index is 0. The van der Waals surface area contributed by atoms with Gasteiger partial charge in [-0.2, -0.15) is 0 Å². The van der Waals surface area contributed by atoms with Crippen molar-refractivity contribution in [1.29, 1.82) is 0 Å². The maximum Gasteiger partial charge on any atom is 0.292 e. The Morgan fingerprint density at radius 2 is 1.90 bits per heavy atom. The van der Waals surface area contributed by atoms with Gasteiger partial charge >= 0.3 is 0 Å². The Hall–Kier alpha value is -1.36. The van der Waals surface area contributed by atoms with Gasteiger partial charge in [0.15, 0.2) is 0 Å². The minimum absolute atomic E-state index is 0. The second-order valence-corrected chi connectivity index (χ2v) is 4.71. The van der Waals surface area contributed by atoms with Crippen LogP contribution in [0.2, 0.25) is 0 Å². The molecule has 0 spiro atoms. The van der Waals surface area contributed by atoms with Crippen LogP contribution in [0.15, 0.2) is 12.7 Å². The molecule has 1 amide bonds. The van der Waals surface area contributed by atoms with Gasteiger partial charge in [-0.3, -0.25) is 9.59 Å². The fourth-order valence-corrected chi connectivity index (χ4v) is 1.11. The lowest BCUT2D eigenvalue weighted by Gasteiger charge is -2.04. The number of carbonyl (C=O) groups is 2. The monoisotopic (exact) mass is 306 g/mol. The van der Waals surface area contributed by atoms with Gasteiger partial charge in [0, 0.05) is 15.8 Å². The summed E-state index contributed by atoms with van der Waals surface area (Å²) in [6.45, 7) is 15.3. The van der Waals surface area contributed by atoms with E-state index in [-0.39, 0.29) is 8.76 Å². The number of carbonyl (C=O) groups excluding carboxylic acids is 2. The molecule has 0 aromatic heterocycles. The van der Waals surface area contributed by atoms with Crippen LogP contribution >= 0.6 is 0 Å². The summed E-state index contributed by atoms with van der Waals surface area (Å²) in [5, 5.41) is 6.00. The van der Waals surface area contributed by atoms with Crippen molar-refractivity contribution in [2.45, 2.75) is 47.0 Å². The van der Waals surface area contributed by atoms with Crippen molar-refractivity contribution >= 4 is 12.4 Å². The van der Waals surface area contributed by atoms with Gasteiger partial charge < -0.3 is 15.4 Å². The van der Waals surface area contributed by atoms with E-state index in [1.165, 1.54) is 13.5 Å². The standard InChI is InChI=1S/C9H17NO.C5H13N.C2H4O2.2H2/c1-4-5-6-10-9(11)7-8(2)3;1-3-5-6-4-2;1-4-2-3;;/h4,8H,1,5-7H2,2-3H3,(H,10,11);6H,3-5H2,1-2H3;2H,1H3;2*1H. The molecular weight excluding hydrogens is 268 g/mol. The second-order valence-electron chi connectivity index (χ2n) is 4.71. The SMILES string of the molecule is C=CCCNC(=O)CC(C)C.CCCNCC.COC=O.[HH].[HH]. The predicted molar refractivity (Wildman–Crippen MR) is 93.4 cm³/mol. The molecule has 0 aliphatic rings. The molecule has 0 rings (SSSR count). The molecule has 0 aromatic carbocycles. The zero-order valence-electron chi connectivity index (χ0n) is 14.4. The quantitative estimate of drug-likeness (QED) is 0.390. The number of nitrogens with one attached hydrogen (secondary N) is 2. The van der Waals surface area contributed by atoms with Crippen molar-refractivity contribution in [1.82, 2.24) is 10.6 Å². The van der Waals surface area contributed by atoms with Crippen molar-refractivity contribution in [3.63, 3.8) is 0 Å². The molecule has 130 valence electrons. The molecular formula is C16H38N2O3. The van der Waals surface area contributed by atoms with Crippen molar-refractivity contribution in [3.05, 3.63) is 12.7 Å². The molecule has 5 nitrogen and oxygen atoms in total. The molecule has 0 atom stereocenters. The first-order valence-corrected chi connectivity index (χ1v) is 7.54. The van der Waals surface area contributed by atoms with Crippen LogP contribution in [0.1, 0.15) is 49.8 Å². The van der Waals surface area contributed by atoms with Crippen molar-refractivity contribution in [3.8, 4) is 0 Å². The van der Waals surface area contributed by atoms with Crippen LogP contribution in [-0.2, 0) is 14.3 Å². The van der Waals surface area contributed by atoms with E-state index in [4.69, 9.17) is 4.79 Å². The van der Waals surface area contributed by atoms with Crippen LogP contribution in [0.5, 0.6) is 0 Å². The molecule has 0 saturated carbocycles. The third-order valence-electron chi connectivity index (χ3n) is 2.04. The van der Waals surface area contributed by atoms with E-state index < -0.39 is 0 Å².